The Bertz CT molecular complexity index is 393. The summed E-state index contributed by atoms with van der Waals surface area (Å²) in [6.07, 6.45) is 1.18. The maximum atomic E-state index is 9.39. The van der Waals surface area contributed by atoms with Gasteiger partial charge in [-0.25, -0.2) is 9.97 Å². The molecule has 0 aromatic carbocycles. The molecule has 1 rings (SSSR count). The summed E-state index contributed by atoms with van der Waals surface area (Å²) in [5.74, 6) is 2.52. The van der Waals surface area contributed by atoms with E-state index in [0.29, 0.717) is 6.42 Å². The van der Waals surface area contributed by atoms with Crippen molar-refractivity contribution < 1.29 is 5.11 Å². The summed E-state index contributed by atoms with van der Waals surface area (Å²) in [7, 11) is 1.86. The van der Waals surface area contributed by atoms with E-state index in [9.17, 15) is 5.11 Å². The van der Waals surface area contributed by atoms with E-state index in [4.69, 9.17) is 0 Å². The van der Waals surface area contributed by atoms with Crippen molar-refractivity contribution in [2.75, 3.05) is 17.7 Å². The molecule has 0 radical (unpaired) electrons. The van der Waals surface area contributed by atoms with Gasteiger partial charge in [-0.15, -0.1) is 0 Å². The van der Waals surface area contributed by atoms with Gasteiger partial charge in [0.25, 0.3) is 0 Å². The monoisotopic (exact) mass is 252 g/mol. The van der Waals surface area contributed by atoms with Crippen molar-refractivity contribution in [3.63, 3.8) is 0 Å². The molecule has 2 unspecified atom stereocenters. The lowest BCUT2D eigenvalue weighted by molar-refractivity contribution is 0.179. The molecule has 1 heterocycles. The van der Waals surface area contributed by atoms with Gasteiger partial charge in [0.2, 0.25) is 0 Å². The topological polar surface area (TPSA) is 70.1 Å². The number of hydrogen-bond acceptors (Lipinski definition) is 5. The highest BCUT2D eigenvalue weighted by Gasteiger charge is 2.12. The van der Waals surface area contributed by atoms with Crippen LogP contribution < -0.4 is 10.6 Å². The summed E-state index contributed by atoms with van der Waals surface area (Å²) in [4.78, 5) is 8.93. The molecule has 1 aromatic rings. The zero-order chi connectivity index (χ0) is 13.7. The van der Waals surface area contributed by atoms with E-state index >= 15 is 0 Å². The first-order chi connectivity index (χ1) is 8.47. The lowest BCUT2D eigenvalue weighted by atomic mass is 10.1. The third kappa shape index (κ3) is 3.84. The molecule has 0 aliphatic rings. The van der Waals surface area contributed by atoms with Crippen molar-refractivity contribution in [1.82, 2.24) is 9.97 Å². The molecule has 102 valence electrons. The molecule has 3 N–H and O–H groups in total. The fourth-order valence-corrected chi connectivity index (χ4v) is 1.91. The van der Waals surface area contributed by atoms with Crippen LogP contribution >= 0.6 is 0 Å². The predicted molar refractivity (Wildman–Crippen MR) is 75.1 cm³/mol. The minimum atomic E-state index is -0.316. The third-order valence-corrected chi connectivity index (χ3v) is 2.82. The predicted octanol–water partition coefficient (Wildman–Crippen LogP) is 1.96. The molecule has 5 heteroatoms. The quantitative estimate of drug-likeness (QED) is 0.722. The van der Waals surface area contributed by atoms with Crippen LogP contribution in [0.1, 0.15) is 38.6 Å². The molecule has 2 atom stereocenters. The maximum absolute atomic E-state index is 9.39. The molecule has 0 amide bonds. The number of rotatable bonds is 6. The van der Waals surface area contributed by atoms with Crippen molar-refractivity contribution in [2.24, 2.45) is 0 Å². The highest BCUT2D eigenvalue weighted by molar-refractivity contribution is 5.57. The lowest BCUT2D eigenvalue weighted by Crippen LogP contribution is -2.22. The number of anilines is 2. The zero-order valence-corrected chi connectivity index (χ0v) is 11.9. The van der Waals surface area contributed by atoms with Crippen LogP contribution in [0.15, 0.2) is 0 Å². The third-order valence-electron chi connectivity index (χ3n) is 2.82. The van der Waals surface area contributed by atoms with Crippen LogP contribution in [0, 0.1) is 6.92 Å². The maximum Gasteiger partial charge on any atom is 0.134 e. The van der Waals surface area contributed by atoms with Crippen LogP contribution in [0.2, 0.25) is 0 Å². The van der Waals surface area contributed by atoms with Crippen molar-refractivity contribution in [3.8, 4) is 0 Å². The van der Waals surface area contributed by atoms with Crippen molar-refractivity contribution in [1.29, 1.82) is 0 Å². The summed E-state index contributed by atoms with van der Waals surface area (Å²) in [6, 6.07) is 0.174. The zero-order valence-electron chi connectivity index (χ0n) is 11.9. The van der Waals surface area contributed by atoms with Crippen molar-refractivity contribution in [2.45, 2.75) is 52.7 Å². The normalized spacial score (nSPS) is 14.1. The van der Waals surface area contributed by atoms with Gasteiger partial charge in [0.1, 0.15) is 17.5 Å². The average molecular weight is 252 g/mol. The highest BCUT2D eigenvalue weighted by Crippen LogP contribution is 2.21. The Hall–Kier alpha value is -1.36. The Morgan fingerprint density at radius 2 is 1.83 bits per heavy atom. The number of nitrogens with one attached hydrogen (secondary N) is 2. The Morgan fingerprint density at radius 1 is 1.22 bits per heavy atom. The second kappa shape index (κ2) is 6.54. The molecule has 0 aliphatic carbocycles. The molecule has 1 aromatic heterocycles. The first kappa shape index (κ1) is 14.7. The highest BCUT2D eigenvalue weighted by atomic mass is 16.3. The molecule has 0 spiro atoms. The summed E-state index contributed by atoms with van der Waals surface area (Å²) >= 11 is 0. The molecule has 0 aliphatic heterocycles. The van der Waals surface area contributed by atoms with E-state index < -0.39 is 0 Å². The fourth-order valence-electron chi connectivity index (χ4n) is 1.91. The summed E-state index contributed by atoms with van der Waals surface area (Å²) in [5, 5.41) is 15.8. The molecule has 0 saturated heterocycles. The summed E-state index contributed by atoms with van der Waals surface area (Å²) in [5.41, 5.74) is 1.01. The smallest absolute Gasteiger partial charge is 0.134 e. The molecule has 0 fully saturated rings. The van der Waals surface area contributed by atoms with E-state index in [1.54, 1.807) is 6.92 Å². The number of aliphatic hydroxyl groups excluding tert-OH is 1. The average Bonchev–Trinajstić information content (AvgIpc) is 2.30. The van der Waals surface area contributed by atoms with Gasteiger partial charge in [0.05, 0.1) is 6.10 Å². The number of aromatic nitrogens is 2. The standard InChI is InChI=1S/C13H24N4O/c1-6-11-16-12(14-5)10(4)13(17-11)15-8(2)7-9(3)18/h8-9,18H,6-7H2,1-5H3,(H2,14,15,16,17). The number of hydrogen-bond donors (Lipinski definition) is 3. The van der Waals surface area contributed by atoms with Crippen molar-refractivity contribution >= 4 is 11.6 Å². The van der Waals surface area contributed by atoms with Gasteiger partial charge < -0.3 is 15.7 Å². The van der Waals surface area contributed by atoms with Crippen LogP contribution in [0.25, 0.3) is 0 Å². The number of aliphatic hydroxyl groups is 1. The van der Waals surface area contributed by atoms with E-state index in [-0.39, 0.29) is 12.1 Å². The van der Waals surface area contributed by atoms with Gasteiger partial charge in [0, 0.05) is 25.1 Å². The van der Waals surface area contributed by atoms with Gasteiger partial charge in [-0.05, 0) is 27.2 Å². The fraction of sp³-hybridized carbons (Fsp3) is 0.692. The summed E-state index contributed by atoms with van der Waals surface area (Å²) < 4.78 is 0. The minimum absolute atomic E-state index is 0.174. The Morgan fingerprint density at radius 3 is 2.33 bits per heavy atom. The summed E-state index contributed by atoms with van der Waals surface area (Å²) in [6.45, 7) is 7.86. The Kier molecular flexibility index (Phi) is 5.34. The van der Waals surface area contributed by atoms with Crippen LogP contribution in [-0.2, 0) is 6.42 Å². The Balaban J connectivity index is 2.93. The number of nitrogens with zero attached hydrogens (tertiary/aromatic N) is 2. The Labute approximate surface area is 109 Å². The van der Waals surface area contributed by atoms with Gasteiger partial charge in [-0.1, -0.05) is 6.92 Å². The lowest BCUT2D eigenvalue weighted by Gasteiger charge is -2.19. The largest absolute Gasteiger partial charge is 0.393 e. The van der Waals surface area contributed by atoms with E-state index in [2.05, 4.69) is 20.6 Å². The van der Waals surface area contributed by atoms with E-state index in [1.165, 1.54) is 0 Å². The van der Waals surface area contributed by atoms with Crippen LogP contribution in [0.5, 0.6) is 0 Å². The molecular formula is C13H24N4O. The van der Waals surface area contributed by atoms with Gasteiger partial charge >= 0.3 is 0 Å². The van der Waals surface area contributed by atoms with Gasteiger partial charge in [-0.3, -0.25) is 0 Å². The van der Waals surface area contributed by atoms with Gasteiger partial charge in [0.15, 0.2) is 0 Å². The first-order valence-electron chi connectivity index (χ1n) is 6.47. The molecular weight excluding hydrogens is 228 g/mol. The van der Waals surface area contributed by atoms with Gasteiger partial charge in [-0.2, -0.15) is 0 Å². The SMILES string of the molecule is CCc1nc(NC)c(C)c(NC(C)CC(C)O)n1. The van der Waals surface area contributed by atoms with Crippen LogP contribution in [0.3, 0.4) is 0 Å². The van der Waals surface area contributed by atoms with E-state index in [1.807, 2.05) is 27.8 Å². The van der Waals surface area contributed by atoms with Crippen LogP contribution in [-0.4, -0.2) is 34.3 Å². The minimum Gasteiger partial charge on any atom is -0.393 e. The van der Waals surface area contributed by atoms with E-state index in [0.717, 1.165) is 29.4 Å². The van der Waals surface area contributed by atoms with Crippen LogP contribution in [0.4, 0.5) is 11.6 Å². The molecule has 0 saturated carbocycles. The molecule has 0 bridgehead atoms. The first-order valence-corrected chi connectivity index (χ1v) is 6.47. The second-order valence-electron chi connectivity index (χ2n) is 4.70. The molecule has 5 nitrogen and oxygen atoms in total. The van der Waals surface area contributed by atoms with Crippen molar-refractivity contribution in [3.05, 3.63) is 11.4 Å². The second-order valence-corrected chi connectivity index (χ2v) is 4.70. The number of aryl methyl sites for hydroxylation is 1. The molecule has 18 heavy (non-hydrogen) atoms.